The van der Waals surface area contributed by atoms with Gasteiger partial charge in [-0.1, -0.05) is 30.3 Å². The molecule has 112 valence electrons. The lowest BCUT2D eigenvalue weighted by Gasteiger charge is -2.16. The van der Waals surface area contributed by atoms with Crippen molar-refractivity contribution in [2.24, 2.45) is 5.92 Å². The molecule has 3 rings (SSSR count). The van der Waals surface area contributed by atoms with Gasteiger partial charge in [-0.3, -0.25) is 9.58 Å². The zero-order valence-electron chi connectivity index (χ0n) is 12.5. The van der Waals surface area contributed by atoms with Crippen molar-refractivity contribution < 1.29 is 5.11 Å². The highest BCUT2D eigenvalue weighted by Gasteiger charge is 2.25. The first kappa shape index (κ1) is 14.3. The second kappa shape index (κ2) is 6.41. The van der Waals surface area contributed by atoms with Crippen LogP contribution in [0.2, 0.25) is 0 Å². The molecule has 1 aliphatic heterocycles. The van der Waals surface area contributed by atoms with Gasteiger partial charge in [0.05, 0.1) is 18.8 Å². The first-order valence-electron chi connectivity index (χ1n) is 7.66. The summed E-state index contributed by atoms with van der Waals surface area (Å²) in [6.07, 6.45) is 4.98. The molecule has 1 aromatic carbocycles. The normalized spacial score (nSPS) is 20.8. The molecule has 1 fully saturated rings. The van der Waals surface area contributed by atoms with Crippen LogP contribution in [-0.2, 0) is 13.1 Å². The minimum absolute atomic E-state index is 0.198. The molecule has 2 heterocycles. The maximum absolute atomic E-state index is 9.66. The summed E-state index contributed by atoms with van der Waals surface area (Å²) in [5.41, 5.74) is 2.51. The molecule has 2 unspecified atom stereocenters. The standard InChI is InChI=1S/C17H23N3O/c1-14(21)17-7-8-19(13-17)10-16-9-18-20(12-16)11-15-5-3-2-4-6-15/h2-6,9,12,14,17,21H,7-8,10-11,13H2,1H3. The highest BCUT2D eigenvalue weighted by molar-refractivity contribution is 5.15. The van der Waals surface area contributed by atoms with E-state index >= 15 is 0 Å². The second-order valence-corrected chi connectivity index (χ2v) is 6.06. The molecule has 0 aliphatic carbocycles. The van der Waals surface area contributed by atoms with E-state index in [0.29, 0.717) is 5.92 Å². The highest BCUT2D eigenvalue weighted by Crippen LogP contribution is 2.21. The van der Waals surface area contributed by atoms with Crippen LogP contribution in [0.3, 0.4) is 0 Å². The minimum atomic E-state index is -0.198. The number of aliphatic hydroxyl groups is 1. The van der Waals surface area contributed by atoms with Crippen molar-refractivity contribution in [1.82, 2.24) is 14.7 Å². The number of nitrogens with zero attached hydrogens (tertiary/aromatic N) is 3. The van der Waals surface area contributed by atoms with Gasteiger partial charge in [0.25, 0.3) is 0 Å². The Morgan fingerprint density at radius 1 is 1.24 bits per heavy atom. The predicted molar refractivity (Wildman–Crippen MR) is 82.8 cm³/mol. The molecular weight excluding hydrogens is 262 g/mol. The fourth-order valence-corrected chi connectivity index (χ4v) is 3.00. The van der Waals surface area contributed by atoms with Gasteiger partial charge in [0, 0.05) is 24.8 Å². The Bertz CT molecular complexity index is 564. The zero-order chi connectivity index (χ0) is 14.7. The number of aliphatic hydroxyl groups excluding tert-OH is 1. The fraction of sp³-hybridized carbons (Fsp3) is 0.471. The Kier molecular flexibility index (Phi) is 4.36. The molecule has 1 N–H and O–H groups in total. The van der Waals surface area contributed by atoms with Crippen molar-refractivity contribution in [2.45, 2.75) is 32.5 Å². The van der Waals surface area contributed by atoms with Crippen LogP contribution in [-0.4, -0.2) is 39.0 Å². The largest absolute Gasteiger partial charge is 0.393 e. The third kappa shape index (κ3) is 3.71. The summed E-state index contributed by atoms with van der Waals surface area (Å²) in [7, 11) is 0. The summed E-state index contributed by atoms with van der Waals surface area (Å²) in [6, 6.07) is 10.4. The van der Waals surface area contributed by atoms with E-state index in [1.807, 2.05) is 23.9 Å². The van der Waals surface area contributed by atoms with Gasteiger partial charge in [-0.15, -0.1) is 0 Å². The molecule has 0 bridgehead atoms. The number of likely N-dealkylation sites (tertiary alicyclic amines) is 1. The van der Waals surface area contributed by atoms with Crippen LogP contribution < -0.4 is 0 Å². The molecule has 2 aromatic rings. The van der Waals surface area contributed by atoms with Crippen LogP contribution >= 0.6 is 0 Å². The van der Waals surface area contributed by atoms with Crippen molar-refractivity contribution in [3.05, 3.63) is 53.9 Å². The van der Waals surface area contributed by atoms with E-state index in [0.717, 1.165) is 32.6 Å². The third-order valence-corrected chi connectivity index (χ3v) is 4.27. The van der Waals surface area contributed by atoms with E-state index in [1.54, 1.807) is 0 Å². The topological polar surface area (TPSA) is 41.3 Å². The van der Waals surface area contributed by atoms with Crippen LogP contribution in [0.15, 0.2) is 42.7 Å². The van der Waals surface area contributed by atoms with Gasteiger partial charge in [0.2, 0.25) is 0 Å². The molecule has 1 aliphatic rings. The summed E-state index contributed by atoms with van der Waals surface area (Å²) in [6.45, 7) is 5.70. The molecule has 2 atom stereocenters. The second-order valence-electron chi connectivity index (χ2n) is 6.06. The molecule has 0 amide bonds. The molecule has 0 spiro atoms. The highest BCUT2D eigenvalue weighted by atomic mass is 16.3. The fourth-order valence-electron chi connectivity index (χ4n) is 3.00. The molecular formula is C17H23N3O. The van der Waals surface area contributed by atoms with E-state index in [1.165, 1.54) is 11.1 Å². The first-order chi connectivity index (χ1) is 10.2. The lowest BCUT2D eigenvalue weighted by molar-refractivity contribution is 0.127. The van der Waals surface area contributed by atoms with Crippen LogP contribution in [0.25, 0.3) is 0 Å². The van der Waals surface area contributed by atoms with Gasteiger partial charge in [0.1, 0.15) is 0 Å². The molecule has 1 saturated heterocycles. The average Bonchev–Trinajstić information content (AvgIpc) is 3.10. The van der Waals surface area contributed by atoms with Crippen molar-refractivity contribution in [1.29, 1.82) is 0 Å². The van der Waals surface area contributed by atoms with Gasteiger partial charge in [0.15, 0.2) is 0 Å². The Balaban J connectivity index is 1.56. The van der Waals surface area contributed by atoms with Crippen LogP contribution in [0.4, 0.5) is 0 Å². The van der Waals surface area contributed by atoms with E-state index in [4.69, 9.17) is 0 Å². The van der Waals surface area contributed by atoms with Gasteiger partial charge < -0.3 is 5.11 Å². The maximum Gasteiger partial charge on any atom is 0.0659 e. The van der Waals surface area contributed by atoms with E-state index in [9.17, 15) is 5.11 Å². The summed E-state index contributed by atoms with van der Waals surface area (Å²) < 4.78 is 1.99. The summed E-state index contributed by atoms with van der Waals surface area (Å²) in [5, 5.41) is 14.1. The maximum atomic E-state index is 9.66. The first-order valence-corrected chi connectivity index (χ1v) is 7.66. The summed E-state index contributed by atoms with van der Waals surface area (Å²) >= 11 is 0. The number of aromatic nitrogens is 2. The third-order valence-electron chi connectivity index (χ3n) is 4.27. The minimum Gasteiger partial charge on any atom is -0.393 e. The lowest BCUT2D eigenvalue weighted by Crippen LogP contribution is -2.23. The van der Waals surface area contributed by atoms with Crippen molar-refractivity contribution >= 4 is 0 Å². The Hall–Kier alpha value is -1.65. The number of rotatable bonds is 5. The van der Waals surface area contributed by atoms with Crippen molar-refractivity contribution in [2.75, 3.05) is 13.1 Å². The molecule has 21 heavy (non-hydrogen) atoms. The van der Waals surface area contributed by atoms with Gasteiger partial charge in [-0.2, -0.15) is 5.10 Å². The lowest BCUT2D eigenvalue weighted by atomic mass is 10.0. The van der Waals surface area contributed by atoms with Crippen LogP contribution in [0, 0.1) is 5.92 Å². The molecule has 4 nitrogen and oxygen atoms in total. The number of benzene rings is 1. The molecule has 0 saturated carbocycles. The van der Waals surface area contributed by atoms with E-state index in [-0.39, 0.29) is 6.10 Å². The SMILES string of the molecule is CC(O)C1CCN(Cc2cnn(Cc3ccccc3)c2)C1. The summed E-state index contributed by atoms with van der Waals surface area (Å²) in [5.74, 6) is 0.421. The van der Waals surface area contributed by atoms with Gasteiger partial charge in [-0.05, 0) is 31.4 Å². The van der Waals surface area contributed by atoms with Gasteiger partial charge >= 0.3 is 0 Å². The zero-order valence-corrected chi connectivity index (χ0v) is 12.5. The Morgan fingerprint density at radius 3 is 2.76 bits per heavy atom. The monoisotopic (exact) mass is 285 g/mol. The van der Waals surface area contributed by atoms with Gasteiger partial charge in [-0.25, -0.2) is 0 Å². The molecule has 0 radical (unpaired) electrons. The van der Waals surface area contributed by atoms with Crippen LogP contribution in [0.1, 0.15) is 24.5 Å². The van der Waals surface area contributed by atoms with Crippen molar-refractivity contribution in [3.8, 4) is 0 Å². The Morgan fingerprint density at radius 2 is 2.05 bits per heavy atom. The quantitative estimate of drug-likeness (QED) is 0.915. The molecule has 1 aromatic heterocycles. The van der Waals surface area contributed by atoms with Crippen LogP contribution in [0.5, 0.6) is 0 Å². The van der Waals surface area contributed by atoms with E-state index < -0.39 is 0 Å². The number of hydrogen-bond acceptors (Lipinski definition) is 3. The van der Waals surface area contributed by atoms with E-state index in [2.05, 4.69) is 40.5 Å². The Labute approximate surface area is 126 Å². The summed E-state index contributed by atoms with van der Waals surface area (Å²) in [4.78, 5) is 2.40. The number of hydrogen-bond donors (Lipinski definition) is 1. The average molecular weight is 285 g/mol. The smallest absolute Gasteiger partial charge is 0.0659 e. The molecule has 4 heteroatoms. The predicted octanol–water partition coefficient (Wildman–Crippen LogP) is 2.13. The van der Waals surface area contributed by atoms with Crippen molar-refractivity contribution in [3.63, 3.8) is 0 Å².